The molecular weight excluding hydrogens is 346 g/mol. The lowest BCUT2D eigenvalue weighted by atomic mass is 9.78. The molecule has 2 aliphatic heterocycles. The van der Waals surface area contributed by atoms with Crippen LogP contribution in [0, 0.1) is 12.8 Å². The number of aryl methyl sites for hydroxylation is 1. The van der Waals surface area contributed by atoms with Gasteiger partial charge in [0.25, 0.3) is 0 Å². The fourth-order valence-corrected chi connectivity index (χ4v) is 3.98. The summed E-state index contributed by atoms with van der Waals surface area (Å²) in [6.45, 7) is 4.74. The first-order valence-electron chi connectivity index (χ1n) is 9.56. The molecule has 1 aromatic carbocycles. The number of fused-ring (bicyclic) bond motifs is 1. The van der Waals surface area contributed by atoms with Gasteiger partial charge in [-0.1, -0.05) is 6.07 Å². The maximum atomic E-state index is 12.4. The quantitative estimate of drug-likeness (QED) is 0.878. The van der Waals surface area contributed by atoms with E-state index in [1.54, 1.807) is 11.0 Å². The van der Waals surface area contributed by atoms with Crippen LogP contribution in [0.15, 0.2) is 23.8 Å². The second-order valence-corrected chi connectivity index (χ2v) is 7.88. The number of ketones is 1. The van der Waals surface area contributed by atoms with Crippen LogP contribution in [0.3, 0.4) is 0 Å². The topological polar surface area (TPSA) is 76.1 Å². The van der Waals surface area contributed by atoms with E-state index in [0.29, 0.717) is 55.3 Å². The van der Waals surface area contributed by atoms with Gasteiger partial charge in [-0.25, -0.2) is 4.79 Å². The number of aliphatic hydroxyl groups excluding tert-OH is 1. The number of benzene rings is 1. The second kappa shape index (κ2) is 6.59. The van der Waals surface area contributed by atoms with Crippen molar-refractivity contribution in [3.8, 4) is 5.75 Å². The minimum atomic E-state index is -0.899. The van der Waals surface area contributed by atoms with Crippen LogP contribution in [0.2, 0.25) is 0 Å². The number of rotatable bonds is 3. The summed E-state index contributed by atoms with van der Waals surface area (Å²) in [7, 11) is 0. The fraction of sp³-hybridized carbons (Fsp3) is 0.524. The van der Waals surface area contributed by atoms with E-state index < -0.39 is 5.60 Å². The van der Waals surface area contributed by atoms with Crippen LogP contribution in [0.1, 0.15) is 43.7 Å². The van der Waals surface area contributed by atoms with Crippen molar-refractivity contribution in [2.45, 2.75) is 45.1 Å². The minimum Gasteiger partial charge on any atom is -0.507 e. The van der Waals surface area contributed by atoms with Crippen molar-refractivity contribution in [3.63, 3.8) is 0 Å². The van der Waals surface area contributed by atoms with Crippen molar-refractivity contribution in [1.82, 2.24) is 4.90 Å². The van der Waals surface area contributed by atoms with Crippen LogP contribution in [0.4, 0.5) is 4.79 Å². The number of piperidine rings is 1. The summed E-state index contributed by atoms with van der Waals surface area (Å²) in [6.07, 6.45) is 2.85. The van der Waals surface area contributed by atoms with Gasteiger partial charge in [0.05, 0.1) is 17.7 Å². The summed E-state index contributed by atoms with van der Waals surface area (Å²) in [5.74, 6) is 0.898. The van der Waals surface area contributed by atoms with Crippen molar-refractivity contribution in [3.05, 3.63) is 34.9 Å². The molecule has 6 heteroatoms. The van der Waals surface area contributed by atoms with Crippen LogP contribution in [-0.2, 0) is 9.53 Å². The third-order valence-corrected chi connectivity index (χ3v) is 5.71. The van der Waals surface area contributed by atoms with Crippen molar-refractivity contribution in [2.24, 2.45) is 5.92 Å². The normalized spacial score (nSPS) is 20.9. The molecular formula is C21H25NO5. The number of carbonyl (C=O) groups excluding carboxylic acids is 2. The predicted molar refractivity (Wildman–Crippen MR) is 99.6 cm³/mol. The Morgan fingerprint density at radius 1 is 1.30 bits per heavy atom. The standard InChI is InChI=1S/C21H25NO5/c1-13-3-6-16-17(11-13)27-21(18(14(2)23)19(16)24)7-9-22(10-8-21)20(25)26-12-15-4-5-15/h3,6,11,15,24H,4-5,7-10,12H2,1-2H3. The molecule has 0 radical (unpaired) electrons. The Bertz CT molecular complexity index is 816. The third-order valence-electron chi connectivity index (χ3n) is 5.71. The van der Waals surface area contributed by atoms with Crippen LogP contribution in [0.5, 0.6) is 5.75 Å². The highest BCUT2D eigenvalue weighted by Crippen LogP contribution is 2.45. The van der Waals surface area contributed by atoms with E-state index in [-0.39, 0.29) is 17.6 Å². The van der Waals surface area contributed by atoms with Gasteiger partial charge >= 0.3 is 6.09 Å². The first-order chi connectivity index (χ1) is 12.9. The number of ether oxygens (including phenoxy) is 2. The van der Waals surface area contributed by atoms with E-state index in [9.17, 15) is 14.7 Å². The summed E-state index contributed by atoms with van der Waals surface area (Å²) in [4.78, 5) is 26.3. The monoisotopic (exact) mass is 371 g/mol. The van der Waals surface area contributed by atoms with Crippen LogP contribution < -0.4 is 4.74 Å². The Kier molecular flexibility index (Phi) is 4.36. The zero-order chi connectivity index (χ0) is 19.2. The molecule has 1 aliphatic carbocycles. The van der Waals surface area contributed by atoms with Gasteiger partial charge in [0.2, 0.25) is 0 Å². The van der Waals surface area contributed by atoms with Crippen molar-refractivity contribution < 1.29 is 24.2 Å². The maximum absolute atomic E-state index is 12.4. The molecule has 0 unspecified atom stereocenters. The van der Waals surface area contributed by atoms with Gasteiger partial charge in [-0.3, -0.25) is 4.79 Å². The molecule has 4 rings (SSSR count). The summed E-state index contributed by atoms with van der Waals surface area (Å²) in [5, 5.41) is 10.8. The highest BCUT2D eigenvalue weighted by atomic mass is 16.6. The molecule has 6 nitrogen and oxygen atoms in total. The molecule has 27 heavy (non-hydrogen) atoms. The number of Topliss-reactive ketones (excluding diaryl/α,β-unsaturated/α-hetero) is 1. The first-order valence-corrected chi connectivity index (χ1v) is 9.56. The molecule has 1 N–H and O–H groups in total. The Labute approximate surface area is 158 Å². The Morgan fingerprint density at radius 2 is 2.00 bits per heavy atom. The lowest BCUT2D eigenvalue weighted by Crippen LogP contribution is -2.53. The van der Waals surface area contributed by atoms with Gasteiger partial charge in [0.15, 0.2) is 5.78 Å². The summed E-state index contributed by atoms with van der Waals surface area (Å²) < 4.78 is 11.7. The molecule has 3 aliphatic rings. The molecule has 0 aromatic heterocycles. The lowest BCUT2D eigenvalue weighted by molar-refractivity contribution is -0.116. The van der Waals surface area contributed by atoms with Gasteiger partial charge in [0.1, 0.15) is 17.1 Å². The number of aliphatic hydroxyl groups is 1. The zero-order valence-electron chi connectivity index (χ0n) is 15.8. The highest BCUT2D eigenvalue weighted by Gasteiger charge is 2.48. The number of likely N-dealkylation sites (tertiary alicyclic amines) is 1. The third kappa shape index (κ3) is 3.29. The largest absolute Gasteiger partial charge is 0.507 e. The van der Waals surface area contributed by atoms with Crippen LogP contribution in [-0.4, -0.2) is 47.2 Å². The fourth-order valence-electron chi connectivity index (χ4n) is 3.98. The van der Waals surface area contributed by atoms with Crippen molar-refractivity contribution in [1.29, 1.82) is 0 Å². The van der Waals surface area contributed by atoms with E-state index in [0.717, 1.165) is 18.4 Å². The van der Waals surface area contributed by atoms with Crippen LogP contribution in [0.25, 0.3) is 5.76 Å². The molecule has 1 amide bonds. The first kappa shape index (κ1) is 17.9. The number of hydrogen-bond donors (Lipinski definition) is 1. The molecule has 0 atom stereocenters. The van der Waals surface area contributed by atoms with Crippen molar-refractivity contribution >= 4 is 17.6 Å². The molecule has 2 heterocycles. The minimum absolute atomic E-state index is 0.00601. The highest BCUT2D eigenvalue weighted by molar-refractivity contribution is 6.03. The van der Waals surface area contributed by atoms with Gasteiger partial charge in [-0.2, -0.15) is 0 Å². The van der Waals surface area contributed by atoms with E-state index in [1.165, 1.54) is 6.92 Å². The summed E-state index contributed by atoms with van der Waals surface area (Å²) in [5.41, 5.74) is 0.973. The van der Waals surface area contributed by atoms with Gasteiger partial charge in [0, 0.05) is 25.9 Å². The number of carbonyl (C=O) groups is 2. The van der Waals surface area contributed by atoms with E-state index >= 15 is 0 Å². The second-order valence-electron chi connectivity index (χ2n) is 7.88. The molecule has 1 aromatic rings. The molecule has 2 fully saturated rings. The average molecular weight is 371 g/mol. The average Bonchev–Trinajstić information content (AvgIpc) is 3.44. The lowest BCUT2D eigenvalue weighted by Gasteiger charge is -2.44. The van der Waals surface area contributed by atoms with Crippen molar-refractivity contribution in [2.75, 3.05) is 19.7 Å². The van der Waals surface area contributed by atoms with Gasteiger partial charge < -0.3 is 19.5 Å². The molecule has 1 spiro atoms. The SMILES string of the molecule is CC(=O)C1=C(O)c2ccc(C)cc2OC12CCN(C(=O)OCC1CC1)CC2. The predicted octanol–water partition coefficient (Wildman–Crippen LogP) is 3.63. The molecule has 144 valence electrons. The Morgan fingerprint density at radius 3 is 2.63 bits per heavy atom. The van der Waals surface area contributed by atoms with Crippen LogP contribution >= 0.6 is 0 Å². The number of amides is 1. The Hall–Kier alpha value is -2.50. The molecule has 1 saturated heterocycles. The summed E-state index contributed by atoms with van der Waals surface area (Å²) >= 11 is 0. The van der Waals surface area contributed by atoms with E-state index in [4.69, 9.17) is 9.47 Å². The Balaban J connectivity index is 1.56. The van der Waals surface area contributed by atoms with Gasteiger partial charge in [-0.15, -0.1) is 0 Å². The summed E-state index contributed by atoms with van der Waals surface area (Å²) in [6, 6.07) is 5.54. The van der Waals surface area contributed by atoms with E-state index in [1.807, 2.05) is 19.1 Å². The molecule has 1 saturated carbocycles. The number of nitrogens with zero attached hydrogens (tertiary/aromatic N) is 1. The van der Waals surface area contributed by atoms with Gasteiger partial charge in [-0.05, 0) is 50.3 Å². The maximum Gasteiger partial charge on any atom is 0.409 e. The smallest absolute Gasteiger partial charge is 0.409 e. The molecule has 0 bridgehead atoms. The van der Waals surface area contributed by atoms with E-state index in [2.05, 4.69) is 0 Å². The number of hydrogen-bond acceptors (Lipinski definition) is 5. The zero-order valence-corrected chi connectivity index (χ0v) is 15.8.